The Morgan fingerprint density at radius 3 is 2.94 bits per heavy atom. The third-order valence-corrected chi connectivity index (χ3v) is 3.08. The number of amides is 2. The van der Waals surface area contributed by atoms with Gasteiger partial charge in [0.1, 0.15) is 0 Å². The van der Waals surface area contributed by atoms with Gasteiger partial charge in [-0.05, 0) is 23.6 Å². The van der Waals surface area contributed by atoms with E-state index in [0.717, 1.165) is 16.7 Å². The first-order valence-electron chi connectivity index (χ1n) is 5.69. The Labute approximate surface area is 101 Å². The summed E-state index contributed by atoms with van der Waals surface area (Å²) in [5, 5.41) is 2.59. The molecular formula is C13H16N2O2. The van der Waals surface area contributed by atoms with Crippen LogP contribution in [0.2, 0.25) is 0 Å². The zero-order valence-electron chi connectivity index (χ0n) is 10.1. The second-order valence-corrected chi connectivity index (χ2v) is 4.33. The SMILES string of the molecule is CNC(=O)CCc1ccc2c(c1)C(=O)N(C)C2. The summed E-state index contributed by atoms with van der Waals surface area (Å²) in [7, 11) is 3.43. The molecule has 2 rings (SSSR count). The van der Waals surface area contributed by atoms with E-state index in [1.54, 1.807) is 19.0 Å². The van der Waals surface area contributed by atoms with Crippen molar-refractivity contribution in [3.05, 3.63) is 34.9 Å². The zero-order chi connectivity index (χ0) is 12.4. The van der Waals surface area contributed by atoms with Crippen molar-refractivity contribution < 1.29 is 9.59 Å². The van der Waals surface area contributed by atoms with Crippen molar-refractivity contribution in [1.82, 2.24) is 10.2 Å². The Kier molecular flexibility index (Phi) is 3.13. The van der Waals surface area contributed by atoms with Crippen LogP contribution in [0.1, 0.15) is 27.9 Å². The van der Waals surface area contributed by atoms with Gasteiger partial charge in [-0.1, -0.05) is 12.1 Å². The van der Waals surface area contributed by atoms with Crippen LogP contribution >= 0.6 is 0 Å². The summed E-state index contributed by atoms with van der Waals surface area (Å²) in [6, 6.07) is 5.88. The molecule has 2 amide bonds. The molecule has 0 atom stereocenters. The van der Waals surface area contributed by atoms with Crippen LogP contribution in [0.4, 0.5) is 0 Å². The molecule has 4 nitrogen and oxygen atoms in total. The first-order valence-corrected chi connectivity index (χ1v) is 5.69. The number of benzene rings is 1. The largest absolute Gasteiger partial charge is 0.359 e. The number of fused-ring (bicyclic) bond motifs is 1. The first kappa shape index (κ1) is 11.6. The summed E-state index contributed by atoms with van der Waals surface area (Å²) in [5.41, 5.74) is 2.89. The Morgan fingerprint density at radius 2 is 2.24 bits per heavy atom. The van der Waals surface area contributed by atoms with E-state index in [9.17, 15) is 9.59 Å². The maximum atomic E-state index is 11.8. The van der Waals surface area contributed by atoms with Crippen LogP contribution in [0.15, 0.2) is 18.2 Å². The Morgan fingerprint density at radius 1 is 1.47 bits per heavy atom. The Hall–Kier alpha value is -1.84. The number of rotatable bonds is 3. The zero-order valence-corrected chi connectivity index (χ0v) is 10.1. The van der Waals surface area contributed by atoms with Crippen molar-refractivity contribution in [3.8, 4) is 0 Å². The van der Waals surface area contributed by atoms with Gasteiger partial charge in [-0.15, -0.1) is 0 Å². The second kappa shape index (κ2) is 4.57. The summed E-state index contributed by atoms with van der Waals surface area (Å²) >= 11 is 0. The van der Waals surface area contributed by atoms with Gasteiger partial charge in [0.05, 0.1) is 0 Å². The van der Waals surface area contributed by atoms with E-state index in [0.29, 0.717) is 19.4 Å². The van der Waals surface area contributed by atoms with Crippen LogP contribution in [-0.2, 0) is 17.8 Å². The highest BCUT2D eigenvalue weighted by Gasteiger charge is 2.24. The Balaban J connectivity index is 2.12. The number of aryl methyl sites for hydroxylation is 1. The average molecular weight is 232 g/mol. The van der Waals surface area contributed by atoms with Crippen LogP contribution < -0.4 is 5.32 Å². The molecule has 1 heterocycles. The summed E-state index contributed by atoms with van der Waals surface area (Å²) in [5.74, 6) is 0.0933. The smallest absolute Gasteiger partial charge is 0.254 e. The highest BCUT2D eigenvalue weighted by Crippen LogP contribution is 2.22. The van der Waals surface area contributed by atoms with Crippen LogP contribution in [0.5, 0.6) is 0 Å². The normalized spacial score (nSPS) is 13.8. The molecule has 0 bridgehead atoms. The molecule has 0 radical (unpaired) electrons. The average Bonchev–Trinajstić information content (AvgIpc) is 2.62. The number of carbonyl (C=O) groups excluding carboxylic acids is 2. The van der Waals surface area contributed by atoms with Crippen molar-refractivity contribution in [2.45, 2.75) is 19.4 Å². The van der Waals surface area contributed by atoms with Gasteiger partial charge in [0, 0.05) is 32.6 Å². The molecule has 1 N–H and O–H groups in total. The third-order valence-electron chi connectivity index (χ3n) is 3.08. The van der Waals surface area contributed by atoms with Gasteiger partial charge in [-0.3, -0.25) is 9.59 Å². The van der Waals surface area contributed by atoms with Gasteiger partial charge >= 0.3 is 0 Å². The van der Waals surface area contributed by atoms with Gasteiger partial charge in [0.2, 0.25) is 5.91 Å². The van der Waals surface area contributed by atoms with E-state index >= 15 is 0 Å². The molecule has 0 aromatic heterocycles. The third kappa shape index (κ3) is 2.30. The minimum absolute atomic E-state index is 0.0222. The standard InChI is InChI=1S/C13H16N2O2/c1-14-12(16)6-4-9-3-5-10-8-15(2)13(17)11(10)7-9/h3,5,7H,4,6,8H2,1-2H3,(H,14,16). The van der Waals surface area contributed by atoms with Crippen molar-refractivity contribution in [3.63, 3.8) is 0 Å². The fraction of sp³-hybridized carbons (Fsp3) is 0.385. The van der Waals surface area contributed by atoms with Crippen molar-refractivity contribution >= 4 is 11.8 Å². The molecule has 0 saturated carbocycles. The first-order chi connectivity index (χ1) is 8.11. The van der Waals surface area contributed by atoms with Gasteiger partial charge < -0.3 is 10.2 Å². The highest BCUT2D eigenvalue weighted by molar-refractivity contribution is 5.98. The molecule has 1 aliphatic rings. The van der Waals surface area contributed by atoms with E-state index in [1.807, 2.05) is 18.2 Å². The van der Waals surface area contributed by atoms with E-state index in [2.05, 4.69) is 5.32 Å². The van der Waals surface area contributed by atoms with Crippen molar-refractivity contribution in [1.29, 1.82) is 0 Å². The second-order valence-electron chi connectivity index (χ2n) is 4.33. The maximum Gasteiger partial charge on any atom is 0.254 e. The quantitative estimate of drug-likeness (QED) is 0.843. The molecule has 90 valence electrons. The number of hydrogen-bond acceptors (Lipinski definition) is 2. The van der Waals surface area contributed by atoms with Crippen LogP contribution in [0.3, 0.4) is 0 Å². The lowest BCUT2D eigenvalue weighted by Gasteiger charge is -2.04. The molecular weight excluding hydrogens is 216 g/mol. The van der Waals surface area contributed by atoms with Crippen molar-refractivity contribution in [2.24, 2.45) is 0 Å². The van der Waals surface area contributed by atoms with E-state index in [-0.39, 0.29) is 11.8 Å². The monoisotopic (exact) mass is 232 g/mol. The van der Waals surface area contributed by atoms with Crippen LogP contribution in [-0.4, -0.2) is 30.8 Å². The predicted molar refractivity (Wildman–Crippen MR) is 64.6 cm³/mol. The fourth-order valence-corrected chi connectivity index (χ4v) is 2.03. The molecule has 0 unspecified atom stereocenters. The predicted octanol–water partition coefficient (Wildman–Crippen LogP) is 0.951. The molecule has 1 aromatic carbocycles. The lowest BCUT2D eigenvalue weighted by molar-refractivity contribution is -0.120. The Bertz CT molecular complexity index is 468. The summed E-state index contributed by atoms with van der Waals surface area (Å²) in [6.07, 6.45) is 1.13. The highest BCUT2D eigenvalue weighted by atomic mass is 16.2. The minimum atomic E-state index is 0.0222. The summed E-state index contributed by atoms with van der Waals surface area (Å²) < 4.78 is 0. The molecule has 1 aromatic rings. The fourth-order valence-electron chi connectivity index (χ4n) is 2.03. The van der Waals surface area contributed by atoms with Gasteiger partial charge in [-0.2, -0.15) is 0 Å². The topological polar surface area (TPSA) is 49.4 Å². The van der Waals surface area contributed by atoms with Gasteiger partial charge in [-0.25, -0.2) is 0 Å². The van der Waals surface area contributed by atoms with Gasteiger partial charge in [0.15, 0.2) is 0 Å². The number of nitrogens with zero attached hydrogens (tertiary/aromatic N) is 1. The maximum absolute atomic E-state index is 11.8. The summed E-state index contributed by atoms with van der Waals surface area (Å²) in [6.45, 7) is 0.684. The molecule has 0 fully saturated rings. The molecule has 17 heavy (non-hydrogen) atoms. The van der Waals surface area contributed by atoms with Crippen LogP contribution in [0, 0.1) is 0 Å². The number of hydrogen-bond donors (Lipinski definition) is 1. The minimum Gasteiger partial charge on any atom is -0.359 e. The lowest BCUT2D eigenvalue weighted by Crippen LogP contribution is -2.18. The molecule has 0 aliphatic carbocycles. The van der Waals surface area contributed by atoms with Gasteiger partial charge in [0.25, 0.3) is 5.91 Å². The number of nitrogens with one attached hydrogen (secondary N) is 1. The van der Waals surface area contributed by atoms with Crippen LogP contribution in [0.25, 0.3) is 0 Å². The van der Waals surface area contributed by atoms with Crippen molar-refractivity contribution in [2.75, 3.05) is 14.1 Å². The lowest BCUT2D eigenvalue weighted by atomic mass is 10.0. The molecule has 0 spiro atoms. The van der Waals surface area contributed by atoms with E-state index in [1.165, 1.54) is 0 Å². The van der Waals surface area contributed by atoms with E-state index in [4.69, 9.17) is 0 Å². The van der Waals surface area contributed by atoms with E-state index < -0.39 is 0 Å². The number of carbonyl (C=O) groups is 2. The molecule has 1 aliphatic heterocycles. The molecule has 4 heteroatoms. The molecule has 0 saturated heterocycles. The summed E-state index contributed by atoms with van der Waals surface area (Å²) in [4.78, 5) is 24.6.